The van der Waals surface area contributed by atoms with Crippen molar-refractivity contribution in [3.8, 4) is 27.9 Å². The third-order valence-electron chi connectivity index (χ3n) is 12.5. The van der Waals surface area contributed by atoms with Gasteiger partial charge in [0, 0.05) is 38.4 Å². The lowest BCUT2D eigenvalue weighted by molar-refractivity contribution is 0.594. The van der Waals surface area contributed by atoms with Crippen LogP contribution in [0.4, 0.5) is 17.1 Å². The van der Waals surface area contributed by atoms with Gasteiger partial charge < -0.3 is 9.47 Å². The fourth-order valence-corrected chi connectivity index (χ4v) is 9.71. The summed E-state index contributed by atoms with van der Waals surface area (Å²) < 4.78 is 2.63. The summed E-state index contributed by atoms with van der Waals surface area (Å²) in [6.07, 6.45) is 0. The second kappa shape index (κ2) is 11.1. The lowest BCUT2D eigenvalue weighted by Gasteiger charge is -2.42. The van der Waals surface area contributed by atoms with Gasteiger partial charge in [-0.05, 0) is 104 Å². The number of para-hydroxylation sites is 2. The molecule has 0 spiro atoms. The first kappa shape index (κ1) is 31.2. The number of benzene rings is 8. The Hall–Kier alpha value is -6.38. The van der Waals surface area contributed by atoms with Gasteiger partial charge in [0.15, 0.2) is 0 Å². The van der Waals surface area contributed by atoms with E-state index < -0.39 is 0 Å². The van der Waals surface area contributed by atoms with Crippen molar-refractivity contribution in [1.29, 1.82) is 0 Å². The second-order valence-electron chi connectivity index (χ2n) is 16.2. The van der Waals surface area contributed by atoms with Crippen molar-refractivity contribution in [2.24, 2.45) is 0 Å². The van der Waals surface area contributed by atoms with Crippen LogP contribution in [0.15, 0.2) is 170 Å². The second-order valence-corrected chi connectivity index (χ2v) is 16.2. The predicted octanol–water partition coefficient (Wildman–Crippen LogP) is 14.0. The Labute approximate surface area is 316 Å². The number of aromatic nitrogens is 1. The smallest absolute Gasteiger partial charge is 0.0582 e. The van der Waals surface area contributed by atoms with E-state index in [2.05, 4.69) is 207 Å². The SMILES string of the molecule is CC1(C)c2cccc3c2-n2c4c1cc(-c1ccccc1)cc4c1cc(-c4ccc(N(c5ccccc5)c5cccc6ccccc56)cc4)cc(c12)C3(C)C. The Bertz CT molecular complexity index is 2960. The fourth-order valence-electron chi connectivity index (χ4n) is 9.71. The number of nitrogens with zero attached hydrogens (tertiary/aromatic N) is 2. The van der Waals surface area contributed by atoms with Gasteiger partial charge in [0.1, 0.15) is 0 Å². The zero-order valence-electron chi connectivity index (χ0n) is 31.1. The van der Waals surface area contributed by atoms with Crippen molar-refractivity contribution < 1.29 is 0 Å². The van der Waals surface area contributed by atoms with Gasteiger partial charge in [0.05, 0.1) is 22.4 Å². The molecule has 0 radical (unpaired) electrons. The third kappa shape index (κ3) is 4.23. The molecule has 0 atom stereocenters. The minimum atomic E-state index is -0.182. The number of rotatable bonds is 5. The van der Waals surface area contributed by atoms with Crippen molar-refractivity contribution in [2.45, 2.75) is 38.5 Å². The highest BCUT2D eigenvalue weighted by atomic mass is 15.1. The molecule has 2 aliphatic rings. The van der Waals surface area contributed by atoms with E-state index >= 15 is 0 Å². The molecule has 2 aliphatic heterocycles. The molecule has 0 fully saturated rings. The molecule has 0 saturated heterocycles. The lowest BCUT2D eigenvalue weighted by Crippen LogP contribution is -2.33. The number of hydrogen-bond acceptors (Lipinski definition) is 1. The minimum Gasteiger partial charge on any atom is -0.310 e. The third-order valence-corrected chi connectivity index (χ3v) is 12.5. The quantitative estimate of drug-likeness (QED) is 0.174. The van der Waals surface area contributed by atoms with Gasteiger partial charge in [0.25, 0.3) is 0 Å². The maximum absolute atomic E-state index is 2.63. The van der Waals surface area contributed by atoms with Gasteiger partial charge in [-0.3, -0.25) is 0 Å². The average molecular weight is 693 g/mol. The van der Waals surface area contributed by atoms with Gasteiger partial charge in [0.2, 0.25) is 0 Å². The molecule has 9 aromatic rings. The van der Waals surface area contributed by atoms with Crippen molar-refractivity contribution in [3.63, 3.8) is 0 Å². The number of fused-ring (bicyclic) bond motifs is 2. The molecule has 8 aromatic carbocycles. The Balaban J connectivity index is 1.15. The molecule has 0 amide bonds. The highest BCUT2D eigenvalue weighted by Gasteiger charge is 2.43. The predicted molar refractivity (Wildman–Crippen MR) is 228 cm³/mol. The molecule has 2 nitrogen and oxygen atoms in total. The molecule has 0 N–H and O–H groups in total. The number of anilines is 3. The van der Waals surface area contributed by atoms with Crippen LogP contribution < -0.4 is 4.90 Å². The topological polar surface area (TPSA) is 8.17 Å². The summed E-state index contributed by atoms with van der Waals surface area (Å²) >= 11 is 0. The Morgan fingerprint density at radius 3 is 1.52 bits per heavy atom. The van der Waals surface area contributed by atoms with E-state index in [1.54, 1.807) is 0 Å². The minimum absolute atomic E-state index is 0.153. The van der Waals surface area contributed by atoms with Crippen LogP contribution in [0.5, 0.6) is 0 Å². The molecule has 0 bridgehead atoms. The number of hydrogen-bond donors (Lipinski definition) is 0. The zero-order chi connectivity index (χ0) is 36.3. The van der Waals surface area contributed by atoms with E-state index in [1.165, 1.54) is 88.5 Å². The van der Waals surface area contributed by atoms with Crippen LogP contribution >= 0.6 is 0 Å². The molecule has 2 heteroatoms. The summed E-state index contributed by atoms with van der Waals surface area (Å²) in [7, 11) is 0. The van der Waals surface area contributed by atoms with Gasteiger partial charge in [-0.25, -0.2) is 0 Å². The first-order valence-corrected chi connectivity index (χ1v) is 19.1. The van der Waals surface area contributed by atoms with Gasteiger partial charge in [-0.1, -0.05) is 143 Å². The summed E-state index contributed by atoms with van der Waals surface area (Å²) in [5, 5.41) is 5.12. The standard InChI is InChI=1S/C52H40N2/c1-51(2)43-22-14-23-44-50(43)54-48-41(29-36(31-45(48)51)33-15-7-5-8-16-33)42-30-37(32-46(49(42)54)52(44,3)4)34-25-27-39(28-26-34)53(38-19-9-6-10-20-38)47-24-13-18-35-17-11-12-21-40(35)47/h5-32H,1-4H3. The van der Waals surface area contributed by atoms with Crippen molar-refractivity contribution in [2.75, 3.05) is 4.90 Å². The first-order chi connectivity index (χ1) is 26.3. The monoisotopic (exact) mass is 692 g/mol. The normalized spacial score (nSPS) is 14.6. The molecule has 258 valence electrons. The first-order valence-electron chi connectivity index (χ1n) is 19.1. The summed E-state index contributed by atoms with van der Waals surface area (Å²) in [6, 6.07) is 62.9. The fraction of sp³-hybridized carbons (Fsp3) is 0.115. The van der Waals surface area contributed by atoms with Crippen molar-refractivity contribution in [1.82, 2.24) is 4.57 Å². The van der Waals surface area contributed by atoms with Crippen LogP contribution in [0, 0.1) is 0 Å². The van der Waals surface area contributed by atoms with Gasteiger partial charge in [-0.2, -0.15) is 0 Å². The van der Waals surface area contributed by atoms with Crippen LogP contribution in [0.3, 0.4) is 0 Å². The summed E-state index contributed by atoms with van der Waals surface area (Å²) in [5.41, 5.74) is 17.8. The van der Waals surface area contributed by atoms with Crippen LogP contribution in [-0.2, 0) is 10.8 Å². The van der Waals surface area contributed by atoms with Crippen LogP contribution in [0.1, 0.15) is 49.9 Å². The molecular weight excluding hydrogens is 653 g/mol. The molecule has 1 aromatic heterocycles. The van der Waals surface area contributed by atoms with E-state index in [0.717, 1.165) is 11.4 Å². The molecule has 0 aliphatic carbocycles. The largest absolute Gasteiger partial charge is 0.310 e. The van der Waals surface area contributed by atoms with Crippen molar-refractivity contribution >= 4 is 49.6 Å². The highest BCUT2D eigenvalue weighted by molar-refractivity contribution is 6.16. The van der Waals surface area contributed by atoms with Crippen LogP contribution in [-0.4, -0.2) is 4.57 Å². The van der Waals surface area contributed by atoms with Crippen molar-refractivity contribution in [3.05, 3.63) is 192 Å². The Morgan fingerprint density at radius 1 is 0.389 bits per heavy atom. The molecule has 0 saturated carbocycles. The molecule has 54 heavy (non-hydrogen) atoms. The van der Waals surface area contributed by atoms with E-state index in [9.17, 15) is 0 Å². The maximum atomic E-state index is 2.63. The summed E-state index contributed by atoms with van der Waals surface area (Å²) in [5.74, 6) is 0. The Kier molecular flexibility index (Phi) is 6.39. The zero-order valence-corrected chi connectivity index (χ0v) is 31.1. The van der Waals surface area contributed by atoms with E-state index in [0.29, 0.717) is 0 Å². The van der Waals surface area contributed by atoms with E-state index in [1.807, 2.05) is 0 Å². The molecule has 11 rings (SSSR count). The lowest BCUT2D eigenvalue weighted by atomic mass is 9.68. The van der Waals surface area contributed by atoms with Gasteiger partial charge in [-0.15, -0.1) is 0 Å². The molecular formula is C52H40N2. The molecule has 0 unspecified atom stereocenters. The maximum Gasteiger partial charge on any atom is 0.0582 e. The Morgan fingerprint density at radius 2 is 0.889 bits per heavy atom. The summed E-state index contributed by atoms with van der Waals surface area (Å²) in [6.45, 7) is 9.68. The molecule has 3 heterocycles. The highest BCUT2D eigenvalue weighted by Crippen LogP contribution is 2.56. The average Bonchev–Trinajstić information content (AvgIpc) is 3.54. The van der Waals surface area contributed by atoms with Crippen LogP contribution in [0.25, 0.3) is 60.5 Å². The summed E-state index contributed by atoms with van der Waals surface area (Å²) in [4.78, 5) is 2.38. The van der Waals surface area contributed by atoms with E-state index in [4.69, 9.17) is 0 Å². The van der Waals surface area contributed by atoms with Crippen LogP contribution in [0.2, 0.25) is 0 Å². The van der Waals surface area contributed by atoms with Gasteiger partial charge >= 0.3 is 0 Å². The van der Waals surface area contributed by atoms with E-state index in [-0.39, 0.29) is 10.8 Å².